The van der Waals surface area contributed by atoms with Crippen LogP contribution in [0.2, 0.25) is 0 Å². The quantitative estimate of drug-likeness (QED) is 0.570. The highest BCUT2D eigenvalue weighted by atomic mass is 15.3. The van der Waals surface area contributed by atoms with Crippen LogP contribution < -0.4 is 0 Å². The van der Waals surface area contributed by atoms with Gasteiger partial charge in [0.15, 0.2) is 0 Å². The van der Waals surface area contributed by atoms with Crippen LogP contribution in [0.4, 0.5) is 0 Å². The second-order valence-corrected chi connectivity index (χ2v) is 12.5. The maximum atomic E-state index is 4.27. The molecule has 2 spiro atoms. The maximum Gasteiger partial charge on any atom is 0.0430 e. The highest BCUT2D eigenvalue weighted by Gasteiger charge is 2.56. The van der Waals surface area contributed by atoms with Gasteiger partial charge in [0.25, 0.3) is 0 Å². The topological polar surface area (TPSA) is 13.0 Å². The van der Waals surface area contributed by atoms with Gasteiger partial charge in [0, 0.05) is 55.2 Å². The fourth-order valence-electron chi connectivity index (χ4n) is 8.13. The number of rotatable bonds is 4. The Kier molecular flexibility index (Phi) is 7.02. The Bertz CT molecular complexity index is 722. The van der Waals surface area contributed by atoms with Gasteiger partial charge < -0.3 is 9.80 Å². The summed E-state index contributed by atoms with van der Waals surface area (Å²) in [6, 6.07) is 0. The van der Waals surface area contributed by atoms with E-state index in [1.54, 1.807) is 0 Å². The van der Waals surface area contributed by atoms with Gasteiger partial charge in [-0.2, -0.15) is 0 Å². The molecule has 0 aromatic heterocycles. The van der Waals surface area contributed by atoms with E-state index in [0.717, 1.165) is 11.8 Å². The van der Waals surface area contributed by atoms with Crippen molar-refractivity contribution in [2.24, 2.45) is 23.7 Å². The average Bonchev–Trinajstić information content (AvgIpc) is 3.62. The van der Waals surface area contributed by atoms with E-state index in [1.807, 2.05) is 0 Å². The molecule has 6 saturated heterocycles. The zero-order valence-corrected chi connectivity index (χ0v) is 21.4. The van der Waals surface area contributed by atoms with Crippen LogP contribution in [0.15, 0.2) is 24.6 Å². The van der Waals surface area contributed by atoms with Crippen molar-refractivity contribution < 1.29 is 0 Å². The lowest BCUT2D eigenvalue weighted by molar-refractivity contribution is 0.140. The van der Waals surface area contributed by atoms with Gasteiger partial charge in [0.05, 0.1) is 0 Å². The summed E-state index contributed by atoms with van der Waals surface area (Å²) in [6.07, 6.45) is 8.55. The molecule has 0 aromatic carbocycles. The molecule has 6 fully saturated rings. The van der Waals surface area contributed by atoms with Crippen molar-refractivity contribution >= 4 is 0 Å². The largest absolute Gasteiger partial charge is 0.373 e. The Labute approximate surface area is 205 Å². The predicted molar refractivity (Wildman–Crippen MR) is 141 cm³/mol. The molecule has 4 atom stereocenters. The summed E-state index contributed by atoms with van der Waals surface area (Å²) < 4.78 is 0. The van der Waals surface area contributed by atoms with Gasteiger partial charge >= 0.3 is 0 Å². The minimum absolute atomic E-state index is 0. The molecular weight excluding hydrogens is 404 g/mol. The van der Waals surface area contributed by atoms with Gasteiger partial charge in [-0.3, -0.25) is 9.80 Å². The zero-order chi connectivity index (χ0) is 22.7. The Balaban J connectivity index is 0.000000152. The lowest BCUT2D eigenvalue weighted by Crippen LogP contribution is -2.46. The van der Waals surface area contributed by atoms with Crippen LogP contribution in [0, 0.1) is 23.7 Å². The summed E-state index contributed by atoms with van der Waals surface area (Å²) in [5, 5.41) is 0. The third kappa shape index (κ3) is 4.18. The number of allylic oxidation sites excluding steroid dienone is 2. The van der Waals surface area contributed by atoms with E-state index >= 15 is 0 Å². The second-order valence-electron chi connectivity index (χ2n) is 12.5. The number of fused-ring (bicyclic) bond motifs is 3. The number of likely N-dealkylation sites (tertiary alicyclic amines) is 2. The molecule has 188 valence electrons. The monoisotopic (exact) mass is 456 g/mol. The predicted octanol–water partition coefficient (Wildman–Crippen LogP) is 5.29. The van der Waals surface area contributed by atoms with Gasteiger partial charge in [0.2, 0.25) is 0 Å². The molecule has 4 heteroatoms. The first kappa shape index (κ1) is 25.1. The van der Waals surface area contributed by atoms with Crippen LogP contribution in [0.5, 0.6) is 0 Å². The molecule has 33 heavy (non-hydrogen) atoms. The molecule has 4 nitrogen and oxygen atoms in total. The highest BCUT2D eigenvalue weighted by Crippen LogP contribution is 2.49. The minimum Gasteiger partial charge on any atom is -0.373 e. The molecule has 6 heterocycles. The summed E-state index contributed by atoms with van der Waals surface area (Å²) in [4.78, 5) is 10.6. The van der Waals surface area contributed by atoms with Crippen molar-refractivity contribution in [2.45, 2.75) is 84.7 Å². The highest BCUT2D eigenvalue weighted by molar-refractivity contribution is 5.15. The summed E-state index contributed by atoms with van der Waals surface area (Å²) in [5.41, 5.74) is 3.80. The molecule has 6 rings (SSSR count). The summed E-state index contributed by atoms with van der Waals surface area (Å²) >= 11 is 0. The third-order valence-corrected chi connectivity index (χ3v) is 10.3. The van der Waals surface area contributed by atoms with Gasteiger partial charge in [-0.15, -0.1) is 0 Å². The fourth-order valence-corrected chi connectivity index (χ4v) is 8.13. The molecule has 0 amide bonds. The van der Waals surface area contributed by atoms with Gasteiger partial charge in [-0.05, 0) is 81.8 Å². The number of piperidine rings is 2. The van der Waals surface area contributed by atoms with Crippen LogP contribution >= 0.6 is 0 Å². The number of nitrogens with zero attached hydrogens (tertiary/aromatic N) is 4. The fraction of sp³-hybridized carbons (Fsp3) is 0.862. The first-order valence-electron chi connectivity index (χ1n) is 13.6. The van der Waals surface area contributed by atoms with Gasteiger partial charge in [-0.25, -0.2) is 0 Å². The molecule has 0 aromatic rings. The van der Waals surface area contributed by atoms with Crippen molar-refractivity contribution in [1.29, 1.82) is 0 Å². The van der Waals surface area contributed by atoms with E-state index < -0.39 is 0 Å². The van der Waals surface area contributed by atoms with Gasteiger partial charge in [0.1, 0.15) is 0 Å². The van der Waals surface area contributed by atoms with Crippen LogP contribution in [-0.4, -0.2) is 83.0 Å². The smallest absolute Gasteiger partial charge is 0.0430 e. The van der Waals surface area contributed by atoms with E-state index in [2.05, 4.69) is 60.5 Å². The molecule has 0 aliphatic carbocycles. The molecular formula is C29H52N4. The second kappa shape index (κ2) is 9.22. The Morgan fingerprint density at radius 1 is 0.758 bits per heavy atom. The van der Waals surface area contributed by atoms with Crippen LogP contribution in [0.3, 0.4) is 0 Å². The molecule has 4 bridgehead atoms. The zero-order valence-electron chi connectivity index (χ0n) is 21.4. The van der Waals surface area contributed by atoms with Crippen molar-refractivity contribution in [1.82, 2.24) is 19.6 Å². The lowest BCUT2D eigenvalue weighted by atomic mass is 9.85. The van der Waals surface area contributed by atoms with E-state index in [0.29, 0.717) is 22.9 Å². The molecule has 4 unspecified atom stereocenters. The Hall–Kier alpha value is -1.00. The molecule has 6 aliphatic heterocycles. The molecule has 0 N–H and O–H groups in total. The molecule has 0 saturated carbocycles. The normalized spacial score (nSPS) is 40.3. The van der Waals surface area contributed by atoms with Crippen LogP contribution in [0.25, 0.3) is 0 Å². The summed E-state index contributed by atoms with van der Waals surface area (Å²) in [5.74, 6) is 3.19. The first-order chi connectivity index (χ1) is 15.2. The first-order valence-corrected chi connectivity index (χ1v) is 13.6. The molecule has 6 aliphatic rings. The average molecular weight is 457 g/mol. The van der Waals surface area contributed by atoms with Crippen molar-refractivity contribution in [2.75, 3.05) is 52.4 Å². The van der Waals surface area contributed by atoms with E-state index in [9.17, 15) is 0 Å². The lowest BCUT2D eigenvalue weighted by Gasteiger charge is -2.37. The molecule has 0 radical (unpaired) electrons. The summed E-state index contributed by atoms with van der Waals surface area (Å²) in [7, 11) is 0. The summed E-state index contributed by atoms with van der Waals surface area (Å²) in [6.45, 7) is 28.0. The van der Waals surface area contributed by atoms with Crippen LogP contribution in [-0.2, 0) is 0 Å². The van der Waals surface area contributed by atoms with Gasteiger partial charge in [-0.1, -0.05) is 48.3 Å². The van der Waals surface area contributed by atoms with Crippen molar-refractivity contribution in [3.63, 3.8) is 0 Å². The SMILES string of the molecule is C.C=C(C(C)C)N1CCC2(C1)C1CCN2CC1.C=C(C(C)C)N1CCC2(CC3CCN2C3)C1. The van der Waals surface area contributed by atoms with Crippen LogP contribution in [0.1, 0.15) is 73.6 Å². The standard InChI is InChI=1S/2C14H24N2.CH4/c1-11(2)12(3)15-9-6-14(10-15)13-4-7-16(14)8-5-13;1-11(2)12(3)15-7-5-14(10-15)8-13-4-6-16(14)9-13;/h2*11,13H,3-10H2,1-2H3;1H4. The van der Waals surface area contributed by atoms with Crippen molar-refractivity contribution in [3.05, 3.63) is 24.6 Å². The van der Waals surface area contributed by atoms with Crippen molar-refractivity contribution in [3.8, 4) is 0 Å². The third-order valence-electron chi connectivity index (χ3n) is 10.3. The Morgan fingerprint density at radius 3 is 1.82 bits per heavy atom. The van der Waals surface area contributed by atoms with E-state index in [1.165, 1.54) is 102 Å². The Morgan fingerprint density at radius 2 is 1.33 bits per heavy atom. The van der Waals surface area contributed by atoms with E-state index in [4.69, 9.17) is 0 Å². The number of hydrogen-bond acceptors (Lipinski definition) is 4. The van der Waals surface area contributed by atoms with E-state index in [-0.39, 0.29) is 7.43 Å². The number of hydrogen-bond donors (Lipinski definition) is 0. The maximum absolute atomic E-state index is 4.27. The minimum atomic E-state index is 0.